The number of thiazole rings is 1. The van der Waals surface area contributed by atoms with Crippen molar-refractivity contribution in [1.29, 1.82) is 0 Å². The molecule has 0 fully saturated rings. The monoisotopic (exact) mass is 398 g/mol. The summed E-state index contributed by atoms with van der Waals surface area (Å²) in [6.45, 7) is 4.90. The molecular weight excluding hydrogens is 372 g/mol. The highest BCUT2D eigenvalue weighted by atomic mass is 32.1. The maximum absolute atomic E-state index is 11.3. The van der Waals surface area contributed by atoms with Gasteiger partial charge in [0.05, 0.1) is 23.4 Å². The Morgan fingerprint density at radius 3 is 2.71 bits per heavy atom. The minimum atomic E-state index is -0.170. The molecule has 1 heterocycles. The van der Waals surface area contributed by atoms with E-state index >= 15 is 0 Å². The molecular formula is C22H26N2O3S. The van der Waals surface area contributed by atoms with E-state index in [2.05, 4.69) is 35.4 Å². The third-order valence-electron chi connectivity index (χ3n) is 4.23. The lowest BCUT2D eigenvalue weighted by atomic mass is 10.1. The van der Waals surface area contributed by atoms with Gasteiger partial charge in [-0.2, -0.15) is 0 Å². The molecule has 1 atom stereocenters. The zero-order chi connectivity index (χ0) is 19.8. The van der Waals surface area contributed by atoms with E-state index in [-0.39, 0.29) is 12.0 Å². The first-order valence-electron chi connectivity index (χ1n) is 9.63. The number of aromatic nitrogens is 1. The van der Waals surface area contributed by atoms with E-state index < -0.39 is 0 Å². The van der Waals surface area contributed by atoms with E-state index in [0.29, 0.717) is 26.1 Å². The first kappa shape index (κ1) is 20.1. The lowest BCUT2D eigenvalue weighted by Gasteiger charge is -2.13. The number of ether oxygens (including phenoxy) is 2. The van der Waals surface area contributed by atoms with Gasteiger partial charge in [-0.05, 0) is 56.5 Å². The van der Waals surface area contributed by atoms with E-state index in [9.17, 15) is 4.79 Å². The molecule has 2 aromatic carbocycles. The van der Waals surface area contributed by atoms with E-state index in [1.54, 1.807) is 11.3 Å². The predicted octanol–water partition coefficient (Wildman–Crippen LogP) is 5.06. The predicted molar refractivity (Wildman–Crippen MR) is 114 cm³/mol. The van der Waals surface area contributed by atoms with E-state index in [0.717, 1.165) is 22.8 Å². The van der Waals surface area contributed by atoms with Gasteiger partial charge in [-0.3, -0.25) is 4.79 Å². The highest BCUT2D eigenvalue weighted by molar-refractivity contribution is 7.22. The number of benzene rings is 2. The fourth-order valence-corrected chi connectivity index (χ4v) is 3.89. The summed E-state index contributed by atoms with van der Waals surface area (Å²) in [5.74, 6) is 0.649. The van der Waals surface area contributed by atoms with Crippen molar-refractivity contribution in [3.05, 3.63) is 54.1 Å². The van der Waals surface area contributed by atoms with Crippen LogP contribution in [0.5, 0.6) is 5.75 Å². The molecule has 0 bridgehead atoms. The Labute approximate surface area is 169 Å². The maximum Gasteiger partial charge on any atom is 0.305 e. The summed E-state index contributed by atoms with van der Waals surface area (Å²) in [6, 6.07) is 16.6. The number of carbonyl (C=O) groups excluding carboxylic acids is 1. The molecule has 6 heteroatoms. The molecule has 28 heavy (non-hydrogen) atoms. The number of fused-ring (bicyclic) bond motifs is 1. The fourth-order valence-electron chi connectivity index (χ4n) is 2.91. The van der Waals surface area contributed by atoms with Crippen LogP contribution in [0.4, 0.5) is 5.13 Å². The van der Waals surface area contributed by atoms with Gasteiger partial charge in [0.2, 0.25) is 0 Å². The Hall–Kier alpha value is -2.60. The molecule has 0 aliphatic carbocycles. The molecule has 0 aliphatic heterocycles. The third kappa shape index (κ3) is 5.96. The second-order valence-electron chi connectivity index (χ2n) is 6.64. The van der Waals surface area contributed by atoms with Crippen LogP contribution in [0.2, 0.25) is 0 Å². The van der Waals surface area contributed by atoms with Crippen molar-refractivity contribution in [3.63, 3.8) is 0 Å². The molecule has 0 amide bonds. The molecule has 0 aliphatic rings. The van der Waals surface area contributed by atoms with Crippen LogP contribution in [-0.4, -0.2) is 30.2 Å². The Balaban J connectivity index is 1.43. The second kappa shape index (κ2) is 10.1. The molecule has 0 saturated carbocycles. The van der Waals surface area contributed by atoms with Crippen molar-refractivity contribution in [2.45, 2.75) is 39.2 Å². The molecule has 3 aromatic rings. The van der Waals surface area contributed by atoms with Gasteiger partial charge in [0, 0.05) is 12.5 Å². The number of nitrogens with one attached hydrogen (secondary N) is 1. The van der Waals surface area contributed by atoms with Crippen LogP contribution in [-0.2, 0) is 16.0 Å². The minimum Gasteiger partial charge on any atom is -0.494 e. The number of para-hydroxylation sites is 1. The largest absolute Gasteiger partial charge is 0.494 e. The highest BCUT2D eigenvalue weighted by Gasteiger charge is 2.08. The summed E-state index contributed by atoms with van der Waals surface area (Å²) in [6.07, 6.45) is 1.95. The normalized spacial score (nSPS) is 11.9. The van der Waals surface area contributed by atoms with Gasteiger partial charge < -0.3 is 14.8 Å². The lowest BCUT2D eigenvalue weighted by Crippen LogP contribution is -2.17. The Bertz CT molecular complexity index is 859. The molecule has 1 aromatic heterocycles. The van der Waals surface area contributed by atoms with Crippen LogP contribution in [0, 0.1) is 0 Å². The number of esters is 1. The number of rotatable bonds is 10. The Kier molecular flexibility index (Phi) is 7.25. The van der Waals surface area contributed by atoms with Crippen molar-refractivity contribution >= 4 is 32.7 Å². The summed E-state index contributed by atoms with van der Waals surface area (Å²) in [5, 5.41) is 4.44. The second-order valence-corrected chi connectivity index (χ2v) is 7.67. The van der Waals surface area contributed by atoms with Crippen LogP contribution in [0.1, 0.15) is 32.3 Å². The molecule has 1 N–H and O–H groups in total. The molecule has 3 rings (SSSR count). The molecule has 0 saturated heterocycles. The van der Waals surface area contributed by atoms with Crippen molar-refractivity contribution in [2.75, 3.05) is 18.5 Å². The third-order valence-corrected chi connectivity index (χ3v) is 5.20. The van der Waals surface area contributed by atoms with Crippen molar-refractivity contribution in [1.82, 2.24) is 4.98 Å². The Morgan fingerprint density at radius 1 is 1.18 bits per heavy atom. The lowest BCUT2D eigenvalue weighted by molar-refractivity contribution is -0.143. The minimum absolute atomic E-state index is 0.170. The van der Waals surface area contributed by atoms with E-state index in [1.807, 2.05) is 37.3 Å². The summed E-state index contributed by atoms with van der Waals surface area (Å²) in [7, 11) is 0. The molecule has 148 valence electrons. The van der Waals surface area contributed by atoms with E-state index in [4.69, 9.17) is 9.47 Å². The zero-order valence-electron chi connectivity index (χ0n) is 16.3. The Morgan fingerprint density at radius 2 is 1.96 bits per heavy atom. The molecule has 1 unspecified atom stereocenters. The quantitative estimate of drug-likeness (QED) is 0.382. The SMILES string of the molecule is CCOC(=O)CCCOc1ccc(CC(C)Nc2nc3ccccc3s2)cc1. The summed E-state index contributed by atoms with van der Waals surface area (Å²) < 4.78 is 11.8. The van der Waals surface area contributed by atoms with Gasteiger partial charge in [-0.25, -0.2) is 4.98 Å². The van der Waals surface area contributed by atoms with Gasteiger partial charge in [0.25, 0.3) is 0 Å². The smallest absolute Gasteiger partial charge is 0.305 e. The number of hydrogen-bond donors (Lipinski definition) is 1. The van der Waals surface area contributed by atoms with E-state index in [1.165, 1.54) is 10.3 Å². The summed E-state index contributed by atoms with van der Waals surface area (Å²) in [5.41, 5.74) is 2.27. The topological polar surface area (TPSA) is 60.5 Å². The van der Waals surface area contributed by atoms with Crippen molar-refractivity contribution in [3.8, 4) is 5.75 Å². The molecule has 0 radical (unpaired) electrons. The van der Waals surface area contributed by atoms with Crippen LogP contribution >= 0.6 is 11.3 Å². The standard InChI is InChI=1S/C22H26N2O3S/c1-3-26-21(25)9-6-14-27-18-12-10-17(11-13-18)15-16(2)23-22-24-19-7-4-5-8-20(19)28-22/h4-5,7-8,10-13,16H,3,6,9,14-15H2,1-2H3,(H,23,24). The van der Waals surface area contributed by atoms with Gasteiger partial charge in [-0.15, -0.1) is 0 Å². The van der Waals surface area contributed by atoms with Crippen molar-refractivity contribution < 1.29 is 14.3 Å². The number of carbonyl (C=O) groups is 1. The average Bonchev–Trinajstić information content (AvgIpc) is 3.09. The molecule has 5 nitrogen and oxygen atoms in total. The number of hydrogen-bond acceptors (Lipinski definition) is 6. The van der Waals surface area contributed by atoms with Gasteiger partial charge in [0.1, 0.15) is 5.75 Å². The zero-order valence-corrected chi connectivity index (χ0v) is 17.1. The summed E-state index contributed by atoms with van der Waals surface area (Å²) in [4.78, 5) is 15.9. The van der Waals surface area contributed by atoms with Gasteiger partial charge >= 0.3 is 5.97 Å². The van der Waals surface area contributed by atoms with Gasteiger partial charge in [0.15, 0.2) is 5.13 Å². The average molecular weight is 399 g/mol. The highest BCUT2D eigenvalue weighted by Crippen LogP contribution is 2.26. The number of nitrogens with zero attached hydrogens (tertiary/aromatic N) is 1. The van der Waals surface area contributed by atoms with Crippen LogP contribution in [0.15, 0.2) is 48.5 Å². The van der Waals surface area contributed by atoms with Crippen molar-refractivity contribution in [2.24, 2.45) is 0 Å². The van der Waals surface area contributed by atoms with Crippen LogP contribution < -0.4 is 10.1 Å². The van der Waals surface area contributed by atoms with Gasteiger partial charge in [-0.1, -0.05) is 35.6 Å². The van der Waals surface area contributed by atoms with Crippen LogP contribution in [0.3, 0.4) is 0 Å². The molecule has 0 spiro atoms. The first-order valence-corrected chi connectivity index (χ1v) is 10.4. The fraction of sp³-hybridized carbons (Fsp3) is 0.364. The summed E-state index contributed by atoms with van der Waals surface area (Å²) >= 11 is 1.68. The first-order chi connectivity index (χ1) is 13.6. The number of anilines is 1. The van der Waals surface area contributed by atoms with Crippen LogP contribution in [0.25, 0.3) is 10.2 Å². The maximum atomic E-state index is 11.3.